The minimum atomic E-state index is -3.93. The van der Waals surface area contributed by atoms with Crippen LogP contribution in [0.15, 0.2) is 45.8 Å². The Labute approximate surface area is 160 Å². The van der Waals surface area contributed by atoms with Crippen molar-refractivity contribution in [2.24, 2.45) is 0 Å². The first-order valence-electron chi connectivity index (χ1n) is 7.45. The molecule has 0 saturated carbocycles. The topological polar surface area (TPSA) is 102 Å². The van der Waals surface area contributed by atoms with Crippen molar-refractivity contribution in [3.63, 3.8) is 0 Å². The number of benzene rings is 2. The number of rotatable bonds is 7. The van der Waals surface area contributed by atoms with Crippen LogP contribution in [0.2, 0.25) is 0 Å². The standard InChI is InChI=1S/C16H18BrN3O5S/c1-18-14-6-5-13(9-15(14)20(21)22)26(23,24)19(2)10-11-8-12(17)4-7-16(11)25-3/h4-9,18H,10H2,1-3H3. The number of halogens is 1. The lowest BCUT2D eigenvalue weighted by atomic mass is 10.2. The Morgan fingerprint density at radius 3 is 2.54 bits per heavy atom. The summed E-state index contributed by atoms with van der Waals surface area (Å²) >= 11 is 3.35. The fourth-order valence-electron chi connectivity index (χ4n) is 2.41. The van der Waals surface area contributed by atoms with Gasteiger partial charge in [0.2, 0.25) is 10.0 Å². The lowest BCUT2D eigenvalue weighted by molar-refractivity contribution is -0.384. The van der Waals surface area contributed by atoms with E-state index in [1.807, 2.05) is 0 Å². The number of nitro groups is 1. The van der Waals surface area contributed by atoms with Crippen LogP contribution < -0.4 is 10.1 Å². The maximum atomic E-state index is 12.8. The monoisotopic (exact) mass is 443 g/mol. The van der Waals surface area contributed by atoms with E-state index in [2.05, 4.69) is 21.2 Å². The van der Waals surface area contributed by atoms with Crippen molar-refractivity contribution in [3.8, 4) is 5.75 Å². The normalized spacial score (nSPS) is 11.4. The van der Waals surface area contributed by atoms with Crippen LogP contribution in [0.4, 0.5) is 11.4 Å². The first kappa shape index (κ1) is 20.1. The zero-order chi connectivity index (χ0) is 19.5. The average molecular weight is 444 g/mol. The summed E-state index contributed by atoms with van der Waals surface area (Å²) in [5.41, 5.74) is 0.599. The predicted molar refractivity (Wildman–Crippen MR) is 102 cm³/mol. The van der Waals surface area contributed by atoms with E-state index in [-0.39, 0.29) is 22.8 Å². The molecule has 0 heterocycles. The summed E-state index contributed by atoms with van der Waals surface area (Å²) in [7, 11) is 0.515. The summed E-state index contributed by atoms with van der Waals surface area (Å²) < 4.78 is 32.8. The van der Waals surface area contributed by atoms with Crippen LogP contribution in [0.3, 0.4) is 0 Å². The van der Waals surface area contributed by atoms with Gasteiger partial charge in [0.25, 0.3) is 5.69 Å². The average Bonchev–Trinajstić information content (AvgIpc) is 2.61. The van der Waals surface area contributed by atoms with Crippen molar-refractivity contribution in [2.45, 2.75) is 11.4 Å². The van der Waals surface area contributed by atoms with E-state index in [4.69, 9.17) is 4.74 Å². The molecular weight excluding hydrogens is 426 g/mol. The molecule has 140 valence electrons. The molecule has 0 radical (unpaired) electrons. The molecule has 0 fully saturated rings. The molecule has 0 unspecified atom stereocenters. The van der Waals surface area contributed by atoms with Crippen LogP contribution in [0.5, 0.6) is 5.75 Å². The van der Waals surface area contributed by atoms with Crippen molar-refractivity contribution in [1.82, 2.24) is 4.31 Å². The van der Waals surface area contributed by atoms with Gasteiger partial charge in [-0.25, -0.2) is 8.42 Å². The second-order valence-corrected chi connectivity index (χ2v) is 8.36. The van der Waals surface area contributed by atoms with Crippen LogP contribution in [-0.2, 0) is 16.6 Å². The largest absolute Gasteiger partial charge is 0.496 e. The van der Waals surface area contributed by atoms with E-state index in [1.54, 1.807) is 18.2 Å². The van der Waals surface area contributed by atoms with Crippen molar-refractivity contribution in [3.05, 3.63) is 56.5 Å². The Hall–Kier alpha value is -2.17. The number of nitrogens with zero attached hydrogens (tertiary/aromatic N) is 2. The Morgan fingerprint density at radius 1 is 1.27 bits per heavy atom. The molecule has 0 bridgehead atoms. The molecule has 2 aromatic rings. The molecule has 2 rings (SSSR count). The summed E-state index contributed by atoms with van der Waals surface area (Å²) in [6.07, 6.45) is 0. The first-order valence-corrected chi connectivity index (χ1v) is 9.69. The third-order valence-corrected chi connectivity index (χ3v) is 6.07. The SMILES string of the molecule is CNc1ccc(S(=O)(=O)N(C)Cc2cc(Br)ccc2OC)cc1[N+](=O)[O-]. The number of anilines is 1. The molecule has 0 spiro atoms. The minimum Gasteiger partial charge on any atom is -0.496 e. The fraction of sp³-hybridized carbons (Fsp3) is 0.250. The third-order valence-electron chi connectivity index (χ3n) is 3.78. The van der Waals surface area contributed by atoms with E-state index >= 15 is 0 Å². The number of sulfonamides is 1. The fourth-order valence-corrected chi connectivity index (χ4v) is 3.99. The second-order valence-electron chi connectivity index (χ2n) is 5.40. The predicted octanol–water partition coefficient (Wildman–Crippen LogP) is 3.23. The molecule has 0 aliphatic rings. The molecule has 26 heavy (non-hydrogen) atoms. The third kappa shape index (κ3) is 4.14. The van der Waals surface area contributed by atoms with E-state index in [0.29, 0.717) is 11.3 Å². The number of hydrogen-bond donors (Lipinski definition) is 1. The Kier molecular flexibility index (Phi) is 6.21. The van der Waals surface area contributed by atoms with E-state index in [0.717, 1.165) is 14.8 Å². The van der Waals surface area contributed by atoms with Crippen LogP contribution in [0, 0.1) is 10.1 Å². The van der Waals surface area contributed by atoms with Gasteiger partial charge in [0.1, 0.15) is 11.4 Å². The van der Waals surface area contributed by atoms with Gasteiger partial charge in [-0.2, -0.15) is 4.31 Å². The quantitative estimate of drug-likeness (QED) is 0.520. The number of hydrogen-bond acceptors (Lipinski definition) is 6. The van der Waals surface area contributed by atoms with E-state index in [9.17, 15) is 18.5 Å². The lowest BCUT2D eigenvalue weighted by Gasteiger charge is -2.19. The van der Waals surface area contributed by atoms with Crippen LogP contribution >= 0.6 is 15.9 Å². The Morgan fingerprint density at radius 2 is 1.96 bits per heavy atom. The van der Waals surface area contributed by atoms with Crippen LogP contribution in [0.1, 0.15) is 5.56 Å². The van der Waals surface area contributed by atoms with Gasteiger partial charge >= 0.3 is 0 Å². The van der Waals surface area contributed by atoms with Crippen molar-refractivity contribution < 1.29 is 18.1 Å². The molecule has 0 saturated heterocycles. The summed E-state index contributed by atoms with van der Waals surface area (Å²) in [5.74, 6) is 0.548. The molecule has 0 amide bonds. The lowest BCUT2D eigenvalue weighted by Crippen LogP contribution is -2.26. The van der Waals surface area contributed by atoms with E-state index < -0.39 is 14.9 Å². The zero-order valence-corrected chi connectivity index (χ0v) is 16.8. The Bertz CT molecular complexity index is 933. The van der Waals surface area contributed by atoms with Crippen molar-refractivity contribution in [2.75, 3.05) is 26.5 Å². The van der Waals surface area contributed by atoms with Crippen molar-refractivity contribution >= 4 is 37.3 Å². The molecule has 1 N–H and O–H groups in total. The van der Waals surface area contributed by atoms with Crippen molar-refractivity contribution in [1.29, 1.82) is 0 Å². The van der Waals surface area contributed by atoms with Gasteiger partial charge in [-0.15, -0.1) is 0 Å². The molecule has 0 atom stereocenters. The smallest absolute Gasteiger partial charge is 0.293 e. The van der Waals surface area contributed by atoms with Gasteiger partial charge in [0, 0.05) is 36.7 Å². The molecule has 0 aliphatic carbocycles. The molecular formula is C16H18BrN3O5S. The molecule has 8 nitrogen and oxygen atoms in total. The highest BCUT2D eigenvalue weighted by Gasteiger charge is 2.25. The highest BCUT2D eigenvalue weighted by atomic mass is 79.9. The highest BCUT2D eigenvalue weighted by molar-refractivity contribution is 9.10. The van der Waals surface area contributed by atoms with E-state index in [1.165, 1.54) is 33.3 Å². The molecule has 10 heteroatoms. The maximum absolute atomic E-state index is 12.8. The van der Waals surface area contributed by atoms with Gasteiger partial charge in [0.05, 0.1) is 16.9 Å². The Balaban J connectivity index is 2.40. The van der Waals surface area contributed by atoms with Gasteiger partial charge in [-0.05, 0) is 30.3 Å². The number of ether oxygens (including phenoxy) is 1. The second kappa shape index (κ2) is 8.02. The van der Waals surface area contributed by atoms with Crippen LogP contribution in [-0.4, -0.2) is 38.9 Å². The maximum Gasteiger partial charge on any atom is 0.293 e. The van der Waals surface area contributed by atoms with Gasteiger partial charge < -0.3 is 10.1 Å². The number of methoxy groups -OCH3 is 1. The summed E-state index contributed by atoms with van der Waals surface area (Å²) in [5, 5.41) is 13.9. The number of nitro benzene ring substituents is 1. The highest BCUT2D eigenvalue weighted by Crippen LogP contribution is 2.30. The summed E-state index contributed by atoms with van der Waals surface area (Å²) in [6, 6.07) is 9.04. The summed E-state index contributed by atoms with van der Waals surface area (Å²) in [6.45, 7) is 0.0481. The zero-order valence-electron chi connectivity index (χ0n) is 14.4. The minimum absolute atomic E-state index is 0.0481. The van der Waals surface area contributed by atoms with Crippen LogP contribution in [0.25, 0.3) is 0 Å². The van der Waals surface area contributed by atoms with Gasteiger partial charge in [-0.3, -0.25) is 10.1 Å². The molecule has 2 aromatic carbocycles. The number of nitrogens with one attached hydrogen (secondary N) is 1. The molecule has 0 aromatic heterocycles. The van der Waals surface area contributed by atoms with Gasteiger partial charge in [0.15, 0.2) is 0 Å². The summed E-state index contributed by atoms with van der Waals surface area (Å²) in [4.78, 5) is 10.4. The molecule has 0 aliphatic heterocycles. The van der Waals surface area contributed by atoms with Gasteiger partial charge in [-0.1, -0.05) is 15.9 Å². The first-order chi connectivity index (χ1) is 12.2.